The van der Waals surface area contributed by atoms with Crippen LogP contribution in [0.3, 0.4) is 0 Å². The van der Waals surface area contributed by atoms with Crippen LogP contribution in [0.1, 0.15) is 40.7 Å². The first-order valence-corrected chi connectivity index (χ1v) is 13.3. The zero-order valence-electron chi connectivity index (χ0n) is 17.2. The molecule has 0 unspecified atom stereocenters. The Morgan fingerprint density at radius 2 is 1.81 bits per heavy atom. The number of carbonyl (C=O) groups is 2. The van der Waals surface area contributed by atoms with Crippen LogP contribution in [0.2, 0.25) is 0 Å². The molecule has 7 heteroatoms. The summed E-state index contributed by atoms with van der Waals surface area (Å²) in [5.41, 5.74) is 3.10. The van der Waals surface area contributed by atoms with Crippen LogP contribution >= 0.6 is 15.9 Å². The third-order valence-corrected chi connectivity index (χ3v) is 8.47. The molecule has 2 amide bonds. The topological polar surface area (TPSA) is 69.6 Å². The number of aliphatic hydroxyl groups is 1. The summed E-state index contributed by atoms with van der Waals surface area (Å²) in [6.45, 7) is 3.43. The fourth-order valence-corrected chi connectivity index (χ4v) is 6.28. The van der Waals surface area contributed by atoms with E-state index >= 15 is 0 Å². The Labute approximate surface area is 197 Å². The third-order valence-electron chi connectivity index (χ3n) is 5.92. The Bertz CT molecular complexity index is 998. The van der Waals surface area contributed by atoms with Gasteiger partial charge in [-0.25, -0.2) is 0 Å². The second kappa shape index (κ2) is 10.3. The van der Waals surface area contributed by atoms with E-state index in [-0.39, 0.29) is 27.6 Å². The van der Waals surface area contributed by atoms with Crippen molar-refractivity contribution in [2.24, 2.45) is 5.92 Å². The summed E-state index contributed by atoms with van der Waals surface area (Å²) in [7, 11) is 0. The Morgan fingerprint density at radius 3 is 2.52 bits per heavy atom. The van der Waals surface area contributed by atoms with Crippen LogP contribution in [0.4, 0.5) is 0 Å². The van der Waals surface area contributed by atoms with Gasteiger partial charge >= 0.3 is 198 Å². The van der Waals surface area contributed by atoms with Gasteiger partial charge in [-0.3, -0.25) is 0 Å². The zero-order valence-corrected chi connectivity index (χ0v) is 20.6. The molecule has 2 aliphatic rings. The molecule has 1 radical (unpaired) electrons. The molecule has 2 aliphatic heterocycles. The monoisotopic (exact) mass is 543 g/mol. The molecule has 0 aromatic heterocycles. The first kappa shape index (κ1) is 22.5. The van der Waals surface area contributed by atoms with Crippen molar-refractivity contribution in [1.29, 1.82) is 0 Å². The van der Waals surface area contributed by atoms with Crippen molar-refractivity contribution in [3.05, 3.63) is 68.5 Å². The van der Waals surface area contributed by atoms with Crippen LogP contribution in [0.25, 0.3) is 5.57 Å². The number of nitrogens with one attached hydrogen (secondary N) is 1. The number of rotatable bonds is 6. The first-order chi connectivity index (χ1) is 15.0. The maximum absolute atomic E-state index is 12.4. The average Bonchev–Trinajstić information content (AvgIpc) is 2.76. The number of hydrogen-bond acceptors (Lipinski definition) is 4. The van der Waals surface area contributed by atoms with Crippen molar-refractivity contribution in [1.82, 2.24) is 10.2 Å². The molecule has 0 saturated carbocycles. The molecule has 2 aromatic rings. The van der Waals surface area contributed by atoms with Crippen molar-refractivity contribution in [2.45, 2.75) is 25.8 Å². The van der Waals surface area contributed by atoms with Gasteiger partial charge in [-0.1, -0.05) is 0 Å². The number of amides is 2. The molecule has 1 fully saturated rings. The molecule has 0 aliphatic carbocycles. The molecule has 2 N–H and O–H groups in total. The number of hydrogen-bond donors (Lipinski definition) is 2. The maximum atomic E-state index is 12.4. The number of halogens is 1. The number of carbonyl (C=O) groups excluding carboxylic acids is 2. The molecule has 2 aromatic carbocycles. The van der Waals surface area contributed by atoms with Gasteiger partial charge in [0.1, 0.15) is 0 Å². The van der Waals surface area contributed by atoms with Gasteiger partial charge in [0.05, 0.1) is 0 Å². The van der Waals surface area contributed by atoms with Gasteiger partial charge in [0.15, 0.2) is 0 Å². The van der Waals surface area contributed by atoms with E-state index in [1.165, 1.54) is 22.8 Å². The minimum absolute atomic E-state index is 0.297. The summed E-state index contributed by atoms with van der Waals surface area (Å²) in [5.74, 6) is -0.00321. The van der Waals surface area contributed by atoms with Gasteiger partial charge in [0.25, 0.3) is 0 Å². The number of piperidine rings is 1. The molecule has 0 atom stereocenters. The van der Waals surface area contributed by atoms with Crippen LogP contribution in [0.5, 0.6) is 0 Å². The van der Waals surface area contributed by atoms with Crippen LogP contribution in [-0.4, -0.2) is 57.3 Å². The van der Waals surface area contributed by atoms with E-state index in [4.69, 9.17) is 5.11 Å². The number of benzene rings is 2. The summed E-state index contributed by atoms with van der Waals surface area (Å²) >= 11 is 3.10. The summed E-state index contributed by atoms with van der Waals surface area (Å²) in [6.07, 6.45) is 3.26. The fraction of sp³-hybridized carbons (Fsp3) is 0.333. The van der Waals surface area contributed by atoms with Crippen molar-refractivity contribution >= 4 is 53.4 Å². The van der Waals surface area contributed by atoms with Gasteiger partial charge in [-0.05, 0) is 0 Å². The predicted molar refractivity (Wildman–Crippen MR) is 126 cm³/mol. The predicted octanol–water partition coefficient (Wildman–Crippen LogP) is 2.68. The number of nitrogens with zero attached hydrogens (tertiary/aromatic N) is 1. The number of fused-ring (bicyclic) bond motifs is 1. The molecule has 161 valence electrons. The fourth-order valence-electron chi connectivity index (χ4n) is 4.13. The molecule has 0 spiro atoms. The first-order valence-electron chi connectivity index (χ1n) is 10.5. The molecule has 31 heavy (non-hydrogen) atoms. The molecular weight excluding hydrogens is 519 g/mol. The van der Waals surface area contributed by atoms with E-state index < -0.39 is 0 Å². The van der Waals surface area contributed by atoms with E-state index in [0.29, 0.717) is 29.2 Å². The number of aliphatic hydroxyl groups excluding tert-OH is 1. The van der Waals surface area contributed by atoms with Crippen LogP contribution in [0, 0.1) is 5.92 Å². The minimum atomic E-state index is -0.342. The second-order valence-corrected chi connectivity index (χ2v) is 11.1. The van der Waals surface area contributed by atoms with Gasteiger partial charge in [-0.2, -0.15) is 0 Å². The quantitative estimate of drug-likeness (QED) is 0.334. The summed E-state index contributed by atoms with van der Waals surface area (Å²) in [6, 6.07) is 14.1. The third kappa shape index (κ3) is 5.56. The number of likely N-dealkylation sites (tertiary alicyclic amines) is 1. The summed E-state index contributed by atoms with van der Waals surface area (Å²) < 4.78 is 2.07. The van der Waals surface area contributed by atoms with Crippen molar-refractivity contribution < 1.29 is 14.7 Å². The van der Waals surface area contributed by atoms with E-state index in [2.05, 4.69) is 50.4 Å². The zero-order chi connectivity index (χ0) is 21.8. The van der Waals surface area contributed by atoms with Crippen molar-refractivity contribution in [3.63, 3.8) is 0 Å². The standard InChI is InChI=1S/C24H25AsBrN2O3/c26-19-5-6-20-21(13-19)22(24(31)27-23(20)30)14-25-18-3-1-17(2-4-18)15-28-10-7-16(8-11-28)9-12-29/h1-6,13-14,16,29H,7-12,15H2,(H,27,30,31). The van der Waals surface area contributed by atoms with E-state index in [0.717, 1.165) is 30.5 Å². The van der Waals surface area contributed by atoms with Gasteiger partial charge in [0.2, 0.25) is 0 Å². The SMILES string of the molecule is O=C1NC(=O)c2ccc(Br)cc2C1=C[As]c1ccc(CN2CCC(CCO)CC2)cc1. The van der Waals surface area contributed by atoms with Crippen LogP contribution in [-0.2, 0) is 11.3 Å². The van der Waals surface area contributed by atoms with Crippen LogP contribution in [0.15, 0.2) is 51.8 Å². The van der Waals surface area contributed by atoms with Gasteiger partial charge in [-0.15, -0.1) is 0 Å². The van der Waals surface area contributed by atoms with E-state index in [1.807, 2.05) is 17.0 Å². The molecule has 2 heterocycles. The molecule has 4 rings (SSSR count). The Hall–Kier alpha value is -1.72. The summed E-state index contributed by atoms with van der Waals surface area (Å²) in [4.78, 5) is 29.0. The molecule has 5 nitrogen and oxygen atoms in total. The van der Waals surface area contributed by atoms with Crippen molar-refractivity contribution in [3.8, 4) is 0 Å². The number of imide groups is 1. The van der Waals surface area contributed by atoms with Crippen molar-refractivity contribution in [2.75, 3.05) is 19.7 Å². The average molecular weight is 544 g/mol. The Balaban J connectivity index is 1.40. The second-order valence-electron chi connectivity index (χ2n) is 8.04. The van der Waals surface area contributed by atoms with Gasteiger partial charge in [0, 0.05) is 0 Å². The molecule has 1 saturated heterocycles. The Kier molecular flexibility index (Phi) is 7.44. The van der Waals surface area contributed by atoms with Crippen LogP contribution < -0.4 is 9.67 Å². The van der Waals surface area contributed by atoms with E-state index in [1.54, 1.807) is 6.07 Å². The Morgan fingerprint density at radius 1 is 1.06 bits per heavy atom. The van der Waals surface area contributed by atoms with E-state index in [9.17, 15) is 9.59 Å². The molecule has 0 bridgehead atoms. The molecular formula is C24H25AsBrN2O3. The van der Waals surface area contributed by atoms with Gasteiger partial charge < -0.3 is 0 Å². The summed E-state index contributed by atoms with van der Waals surface area (Å²) in [5, 5.41) is 11.5. The normalized spacial score (nSPS) is 19.2.